The van der Waals surface area contributed by atoms with E-state index >= 15 is 0 Å². The molecule has 0 bridgehead atoms. The van der Waals surface area contributed by atoms with Crippen LogP contribution in [0.1, 0.15) is 47.0 Å². The van der Waals surface area contributed by atoms with Gasteiger partial charge in [0.2, 0.25) is 0 Å². The number of carbonyl (C=O) groups excluding carboxylic acids is 2. The molecule has 0 aromatic rings. The first-order valence-corrected chi connectivity index (χ1v) is 6.46. The quantitative estimate of drug-likeness (QED) is 0.581. The highest BCUT2D eigenvalue weighted by molar-refractivity contribution is 5.84. The summed E-state index contributed by atoms with van der Waals surface area (Å²) in [6, 6.07) is 0.409. The van der Waals surface area contributed by atoms with E-state index in [0.29, 0.717) is 19.2 Å². The van der Waals surface area contributed by atoms with E-state index in [-0.39, 0.29) is 24.6 Å². The predicted octanol–water partition coefficient (Wildman–Crippen LogP) is 2.02. The maximum Gasteiger partial charge on any atom is 0.306 e. The van der Waals surface area contributed by atoms with Crippen molar-refractivity contribution < 1.29 is 14.3 Å². The van der Waals surface area contributed by atoms with Crippen LogP contribution in [-0.2, 0) is 14.3 Å². The standard InChI is InChI=1S/C13H25NO3/c1-5-11(4)14(6-2)10-12(15)8-9-13(16)17-7-3/h11H,5-10H2,1-4H3. The van der Waals surface area contributed by atoms with Crippen molar-refractivity contribution in [3.05, 3.63) is 0 Å². The summed E-state index contributed by atoms with van der Waals surface area (Å²) in [6.45, 7) is 9.71. The number of esters is 1. The summed E-state index contributed by atoms with van der Waals surface area (Å²) in [6.07, 6.45) is 1.51. The summed E-state index contributed by atoms with van der Waals surface area (Å²) in [7, 11) is 0. The van der Waals surface area contributed by atoms with Gasteiger partial charge >= 0.3 is 5.97 Å². The van der Waals surface area contributed by atoms with Gasteiger partial charge in [0.05, 0.1) is 19.6 Å². The van der Waals surface area contributed by atoms with Crippen LogP contribution in [0.3, 0.4) is 0 Å². The summed E-state index contributed by atoms with van der Waals surface area (Å²) in [5.41, 5.74) is 0. The third-order valence-corrected chi connectivity index (χ3v) is 2.91. The fourth-order valence-corrected chi connectivity index (χ4v) is 1.62. The highest BCUT2D eigenvalue weighted by Crippen LogP contribution is 2.04. The van der Waals surface area contributed by atoms with Crippen molar-refractivity contribution in [2.24, 2.45) is 0 Å². The minimum atomic E-state index is -0.285. The second-order valence-corrected chi connectivity index (χ2v) is 4.16. The Bertz CT molecular complexity index is 241. The van der Waals surface area contributed by atoms with E-state index in [1.807, 2.05) is 6.92 Å². The van der Waals surface area contributed by atoms with Crippen molar-refractivity contribution in [3.8, 4) is 0 Å². The molecule has 0 aliphatic heterocycles. The number of Topliss-reactive ketones (excluding diaryl/α,β-unsaturated/α-hetero) is 1. The first-order chi connectivity index (χ1) is 8.04. The Hall–Kier alpha value is -0.900. The Morgan fingerprint density at radius 1 is 1.18 bits per heavy atom. The second-order valence-electron chi connectivity index (χ2n) is 4.16. The molecule has 0 N–H and O–H groups in total. The SMILES string of the molecule is CCOC(=O)CCC(=O)CN(CC)C(C)CC. The Morgan fingerprint density at radius 3 is 2.29 bits per heavy atom. The molecule has 0 heterocycles. The Kier molecular flexibility index (Phi) is 8.68. The highest BCUT2D eigenvalue weighted by Gasteiger charge is 2.15. The van der Waals surface area contributed by atoms with Gasteiger partial charge in [-0.15, -0.1) is 0 Å². The average molecular weight is 243 g/mol. The Balaban J connectivity index is 3.95. The van der Waals surface area contributed by atoms with Gasteiger partial charge in [0.15, 0.2) is 0 Å². The van der Waals surface area contributed by atoms with Gasteiger partial charge in [-0.1, -0.05) is 13.8 Å². The van der Waals surface area contributed by atoms with Crippen LogP contribution < -0.4 is 0 Å². The maximum absolute atomic E-state index is 11.7. The van der Waals surface area contributed by atoms with Gasteiger partial charge in [-0.3, -0.25) is 14.5 Å². The number of likely N-dealkylation sites (N-methyl/N-ethyl adjacent to an activating group) is 1. The summed E-state index contributed by atoms with van der Waals surface area (Å²) in [4.78, 5) is 24.9. The monoisotopic (exact) mass is 243 g/mol. The van der Waals surface area contributed by atoms with Crippen LogP contribution >= 0.6 is 0 Å². The topological polar surface area (TPSA) is 46.6 Å². The number of nitrogens with zero attached hydrogens (tertiary/aromatic N) is 1. The normalized spacial score (nSPS) is 12.5. The van der Waals surface area contributed by atoms with Crippen LogP contribution in [0, 0.1) is 0 Å². The largest absolute Gasteiger partial charge is 0.466 e. The lowest BCUT2D eigenvalue weighted by atomic mass is 10.1. The van der Waals surface area contributed by atoms with Crippen molar-refractivity contribution in [1.82, 2.24) is 4.90 Å². The molecule has 0 fully saturated rings. The number of ketones is 1. The third kappa shape index (κ3) is 7.10. The van der Waals surface area contributed by atoms with Gasteiger partial charge in [-0.25, -0.2) is 0 Å². The zero-order valence-corrected chi connectivity index (χ0v) is 11.5. The Morgan fingerprint density at radius 2 is 1.82 bits per heavy atom. The molecule has 0 aliphatic carbocycles. The molecule has 17 heavy (non-hydrogen) atoms. The van der Waals surface area contributed by atoms with Gasteiger partial charge in [0.1, 0.15) is 5.78 Å². The van der Waals surface area contributed by atoms with Crippen LogP contribution in [0.25, 0.3) is 0 Å². The molecule has 1 atom stereocenters. The molecule has 4 heteroatoms. The average Bonchev–Trinajstić information content (AvgIpc) is 2.32. The van der Waals surface area contributed by atoms with E-state index in [1.165, 1.54) is 0 Å². The summed E-state index contributed by atoms with van der Waals surface area (Å²) in [5, 5.41) is 0. The van der Waals surface area contributed by atoms with Gasteiger partial charge in [0.25, 0.3) is 0 Å². The van der Waals surface area contributed by atoms with E-state index < -0.39 is 0 Å². The van der Waals surface area contributed by atoms with Crippen LogP contribution in [-0.4, -0.2) is 42.4 Å². The molecular weight excluding hydrogens is 218 g/mol. The molecule has 0 saturated carbocycles. The molecule has 0 saturated heterocycles. The van der Waals surface area contributed by atoms with Crippen LogP contribution in [0.4, 0.5) is 0 Å². The van der Waals surface area contributed by atoms with Gasteiger partial charge in [-0.2, -0.15) is 0 Å². The summed E-state index contributed by atoms with van der Waals surface area (Å²) < 4.78 is 4.79. The number of carbonyl (C=O) groups is 2. The van der Waals surface area contributed by atoms with Crippen molar-refractivity contribution >= 4 is 11.8 Å². The molecule has 0 aromatic heterocycles. The van der Waals surface area contributed by atoms with E-state index in [0.717, 1.165) is 13.0 Å². The van der Waals surface area contributed by atoms with E-state index in [4.69, 9.17) is 4.74 Å². The predicted molar refractivity (Wildman–Crippen MR) is 67.9 cm³/mol. The van der Waals surface area contributed by atoms with Crippen molar-refractivity contribution in [2.75, 3.05) is 19.7 Å². The van der Waals surface area contributed by atoms with Crippen molar-refractivity contribution in [1.29, 1.82) is 0 Å². The van der Waals surface area contributed by atoms with Gasteiger partial charge < -0.3 is 4.74 Å². The van der Waals surface area contributed by atoms with E-state index in [1.54, 1.807) is 6.92 Å². The minimum absolute atomic E-state index is 0.111. The Labute approximate surface area is 104 Å². The first kappa shape index (κ1) is 16.1. The van der Waals surface area contributed by atoms with Gasteiger partial charge in [0, 0.05) is 12.5 Å². The highest BCUT2D eigenvalue weighted by atomic mass is 16.5. The molecular formula is C13H25NO3. The lowest BCUT2D eigenvalue weighted by Gasteiger charge is -2.25. The molecule has 0 aromatic carbocycles. The van der Waals surface area contributed by atoms with E-state index in [2.05, 4.69) is 18.7 Å². The number of hydrogen-bond donors (Lipinski definition) is 0. The zero-order chi connectivity index (χ0) is 13.3. The summed E-state index contributed by atoms with van der Waals surface area (Å²) in [5.74, 6) is -0.173. The minimum Gasteiger partial charge on any atom is -0.466 e. The van der Waals surface area contributed by atoms with Gasteiger partial charge in [-0.05, 0) is 26.8 Å². The lowest BCUT2D eigenvalue weighted by molar-refractivity contribution is -0.144. The summed E-state index contributed by atoms with van der Waals surface area (Å²) >= 11 is 0. The van der Waals surface area contributed by atoms with Crippen LogP contribution in [0.15, 0.2) is 0 Å². The lowest BCUT2D eigenvalue weighted by Crippen LogP contribution is -2.36. The molecule has 1 unspecified atom stereocenters. The van der Waals surface area contributed by atoms with Crippen molar-refractivity contribution in [2.45, 2.75) is 53.0 Å². The number of hydrogen-bond acceptors (Lipinski definition) is 4. The number of rotatable bonds is 9. The smallest absolute Gasteiger partial charge is 0.306 e. The molecule has 0 amide bonds. The molecule has 4 nitrogen and oxygen atoms in total. The second kappa shape index (κ2) is 9.16. The first-order valence-electron chi connectivity index (χ1n) is 6.46. The molecule has 0 radical (unpaired) electrons. The molecule has 0 aliphatic rings. The van der Waals surface area contributed by atoms with Crippen LogP contribution in [0.5, 0.6) is 0 Å². The third-order valence-electron chi connectivity index (χ3n) is 2.91. The maximum atomic E-state index is 11.7. The van der Waals surface area contributed by atoms with Crippen LogP contribution in [0.2, 0.25) is 0 Å². The van der Waals surface area contributed by atoms with E-state index in [9.17, 15) is 9.59 Å². The molecule has 0 spiro atoms. The fraction of sp³-hybridized carbons (Fsp3) is 0.846. The van der Waals surface area contributed by atoms with Crippen molar-refractivity contribution in [3.63, 3.8) is 0 Å². The fourth-order valence-electron chi connectivity index (χ4n) is 1.62. The zero-order valence-electron chi connectivity index (χ0n) is 11.5. The molecule has 100 valence electrons. The number of ether oxygens (including phenoxy) is 1. The molecule has 0 rings (SSSR count).